The molecular formula is C22H28N2O4. The Balaban J connectivity index is 1.85. The van der Waals surface area contributed by atoms with Crippen molar-refractivity contribution in [1.82, 2.24) is 4.90 Å². The average Bonchev–Trinajstić information content (AvgIpc) is 2.73. The van der Waals surface area contributed by atoms with Crippen LogP contribution in [0.3, 0.4) is 0 Å². The van der Waals surface area contributed by atoms with Gasteiger partial charge in [0.05, 0.1) is 25.0 Å². The number of ether oxygens (including phenoxy) is 2. The summed E-state index contributed by atoms with van der Waals surface area (Å²) in [6.07, 6.45) is 0.883. The van der Waals surface area contributed by atoms with Crippen LogP contribution in [-0.2, 0) is 4.79 Å². The van der Waals surface area contributed by atoms with Gasteiger partial charge in [0.1, 0.15) is 11.5 Å². The number of benzene rings is 2. The Kier molecular flexibility index (Phi) is 8.34. The quantitative estimate of drug-likeness (QED) is 0.629. The van der Waals surface area contributed by atoms with E-state index < -0.39 is 0 Å². The van der Waals surface area contributed by atoms with Gasteiger partial charge in [-0.3, -0.25) is 9.59 Å². The molecule has 28 heavy (non-hydrogen) atoms. The molecule has 2 aromatic carbocycles. The molecule has 6 nitrogen and oxygen atoms in total. The number of carbonyl (C=O) groups excluding carboxylic acids is 2. The van der Waals surface area contributed by atoms with E-state index in [0.29, 0.717) is 43.8 Å². The number of nitrogens with zero attached hydrogens (tertiary/aromatic N) is 1. The second-order valence-corrected chi connectivity index (χ2v) is 6.20. The van der Waals surface area contributed by atoms with Gasteiger partial charge in [-0.05, 0) is 56.7 Å². The van der Waals surface area contributed by atoms with Gasteiger partial charge in [-0.15, -0.1) is 0 Å². The molecule has 2 aromatic rings. The Morgan fingerprint density at radius 2 is 1.61 bits per heavy atom. The van der Waals surface area contributed by atoms with Crippen LogP contribution >= 0.6 is 0 Å². The minimum absolute atomic E-state index is 0.0799. The fraction of sp³-hybridized carbons (Fsp3) is 0.364. The number of methoxy groups -OCH3 is 1. The summed E-state index contributed by atoms with van der Waals surface area (Å²) in [6, 6.07) is 14.4. The molecule has 0 saturated carbocycles. The van der Waals surface area contributed by atoms with Crippen molar-refractivity contribution in [3.8, 4) is 11.5 Å². The molecule has 0 atom stereocenters. The van der Waals surface area contributed by atoms with Crippen molar-refractivity contribution in [2.45, 2.75) is 26.7 Å². The van der Waals surface area contributed by atoms with E-state index in [0.717, 1.165) is 11.5 Å². The second-order valence-electron chi connectivity index (χ2n) is 6.20. The van der Waals surface area contributed by atoms with E-state index in [-0.39, 0.29) is 11.8 Å². The van der Waals surface area contributed by atoms with Crippen molar-refractivity contribution in [2.24, 2.45) is 0 Å². The van der Waals surface area contributed by atoms with Gasteiger partial charge in [-0.25, -0.2) is 0 Å². The van der Waals surface area contributed by atoms with E-state index in [9.17, 15) is 9.59 Å². The van der Waals surface area contributed by atoms with Crippen LogP contribution < -0.4 is 14.8 Å². The third-order valence-electron chi connectivity index (χ3n) is 4.36. The molecular weight excluding hydrogens is 356 g/mol. The minimum atomic E-state index is -0.141. The van der Waals surface area contributed by atoms with E-state index in [1.165, 1.54) is 0 Å². The highest BCUT2D eigenvalue weighted by molar-refractivity contribution is 6.03. The maximum atomic E-state index is 12.6. The molecule has 0 spiro atoms. The maximum Gasteiger partial charge on any atom is 0.255 e. The molecule has 2 rings (SSSR count). The normalized spacial score (nSPS) is 10.2. The molecule has 0 aliphatic carbocycles. The highest BCUT2D eigenvalue weighted by Gasteiger charge is 2.17. The van der Waals surface area contributed by atoms with Gasteiger partial charge in [-0.1, -0.05) is 12.1 Å². The van der Waals surface area contributed by atoms with Crippen molar-refractivity contribution in [2.75, 3.05) is 32.1 Å². The molecule has 0 aliphatic rings. The van der Waals surface area contributed by atoms with E-state index >= 15 is 0 Å². The lowest BCUT2D eigenvalue weighted by atomic mass is 10.1. The van der Waals surface area contributed by atoms with Crippen LogP contribution in [0.15, 0.2) is 48.5 Å². The van der Waals surface area contributed by atoms with Crippen LogP contribution in [0.2, 0.25) is 0 Å². The first-order valence-electron chi connectivity index (χ1n) is 9.54. The standard InChI is InChI=1S/C22H28N2O4/c1-4-24(5-2)22(26)19-9-6-7-10-20(19)23-21(25)11-8-16-28-18-14-12-17(27-3)13-15-18/h6-7,9-10,12-15H,4-5,8,11,16H2,1-3H3,(H,23,25). The first kappa shape index (κ1) is 21.3. The molecule has 0 saturated heterocycles. The van der Waals surface area contributed by atoms with Crippen molar-refractivity contribution >= 4 is 17.5 Å². The first-order chi connectivity index (χ1) is 13.6. The number of amides is 2. The van der Waals surface area contributed by atoms with Gasteiger partial charge in [0.2, 0.25) is 5.91 Å². The summed E-state index contributed by atoms with van der Waals surface area (Å²) in [4.78, 5) is 26.6. The van der Waals surface area contributed by atoms with Crippen LogP contribution in [0.1, 0.15) is 37.0 Å². The van der Waals surface area contributed by atoms with Crippen molar-refractivity contribution in [3.63, 3.8) is 0 Å². The maximum absolute atomic E-state index is 12.6. The lowest BCUT2D eigenvalue weighted by molar-refractivity contribution is -0.116. The molecule has 0 aromatic heterocycles. The molecule has 6 heteroatoms. The third-order valence-corrected chi connectivity index (χ3v) is 4.36. The molecule has 0 radical (unpaired) electrons. The lowest BCUT2D eigenvalue weighted by Gasteiger charge is -2.20. The third kappa shape index (κ3) is 6.01. The molecule has 0 unspecified atom stereocenters. The zero-order chi connectivity index (χ0) is 20.4. The Morgan fingerprint density at radius 3 is 2.25 bits per heavy atom. The average molecular weight is 384 g/mol. The van der Waals surface area contributed by atoms with Crippen LogP contribution in [0.25, 0.3) is 0 Å². The number of para-hydroxylation sites is 1. The number of carbonyl (C=O) groups is 2. The second kappa shape index (κ2) is 11.0. The largest absolute Gasteiger partial charge is 0.497 e. The molecule has 2 amide bonds. The van der Waals surface area contributed by atoms with Gasteiger partial charge in [0.25, 0.3) is 5.91 Å². The monoisotopic (exact) mass is 384 g/mol. The van der Waals surface area contributed by atoms with Crippen LogP contribution in [0, 0.1) is 0 Å². The number of hydrogen-bond acceptors (Lipinski definition) is 4. The number of nitrogens with one attached hydrogen (secondary N) is 1. The van der Waals surface area contributed by atoms with Crippen molar-refractivity contribution < 1.29 is 19.1 Å². The van der Waals surface area contributed by atoms with Crippen molar-refractivity contribution in [3.05, 3.63) is 54.1 Å². The fourth-order valence-corrected chi connectivity index (χ4v) is 2.77. The molecule has 0 fully saturated rings. The molecule has 1 N–H and O–H groups in total. The summed E-state index contributed by atoms with van der Waals surface area (Å²) in [5.41, 5.74) is 1.05. The van der Waals surface area contributed by atoms with Gasteiger partial charge >= 0.3 is 0 Å². The molecule has 0 bridgehead atoms. The number of rotatable bonds is 10. The predicted octanol–water partition coefficient (Wildman–Crippen LogP) is 3.97. The number of hydrogen-bond donors (Lipinski definition) is 1. The van der Waals surface area contributed by atoms with E-state index in [2.05, 4.69) is 5.32 Å². The van der Waals surface area contributed by atoms with Crippen LogP contribution in [0.5, 0.6) is 11.5 Å². The minimum Gasteiger partial charge on any atom is -0.497 e. The molecule has 0 aliphatic heterocycles. The summed E-state index contributed by atoms with van der Waals surface area (Å²) in [6.45, 7) is 5.55. The highest BCUT2D eigenvalue weighted by Crippen LogP contribution is 2.19. The summed E-state index contributed by atoms with van der Waals surface area (Å²) >= 11 is 0. The summed E-state index contributed by atoms with van der Waals surface area (Å²) in [5, 5.41) is 2.85. The van der Waals surface area contributed by atoms with Gasteiger partial charge in [0.15, 0.2) is 0 Å². The SMILES string of the molecule is CCN(CC)C(=O)c1ccccc1NC(=O)CCCOc1ccc(OC)cc1. The summed E-state index contributed by atoms with van der Waals surface area (Å²) in [5.74, 6) is 1.28. The van der Waals surface area contributed by atoms with Crippen LogP contribution in [0.4, 0.5) is 5.69 Å². The lowest BCUT2D eigenvalue weighted by Crippen LogP contribution is -2.31. The topological polar surface area (TPSA) is 67.9 Å². The first-order valence-corrected chi connectivity index (χ1v) is 9.54. The molecule has 0 heterocycles. The summed E-state index contributed by atoms with van der Waals surface area (Å²) in [7, 11) is 1.61. The number of anilines is 1. The van der Waals surface area contributed by atoms with Gasteiger partial charge in [0, 0.05) is 19.5 Å². The zero-order valence-corrected chi connectivity index (χ0v) is 16.7. The van der Waals surface area contributed by atoms with Crippen molar-refractivity contribution in [1.29, 1.82) is 0 Å². The van der Waals surface area contributed by atoms with E-state index in [4.69, 9.17) is 9.47 Å². The summed E-state index contributed by atoms with van der Waals surface area (Å²) < 4.78 is 10.7. The zero-order valence-electron chi connectivity index (χ0n) is 16.7. The van der Waals surface area contributed by atoms with Gasteiger partial charge < -0.3 is 19.7 Å². The fourth-order valence-electron chi connectivity index (χ4n) is 2.77. The Bertz CT molecular complexity index is 770. The smallest absolute Gasteiger partial charge is 0.255 e. The molecule has 150 valence electrons. The predicted molar refractivity (Wildman–Crippen MR) is 110 cm³/mol. The Labute approximate surface area is 166 Å². The highest BCUT2D eigenvalue weighted by atomic mass is 16.5. The Morgan fingerprint density at radius 1 is 0.964 bits per heavy atom. The van der Waals surface area contributed by atoms with Crippen LogP contribution in [-0.4, -0.2) is 43.5 Å². The van der Waals surface area contributed by atoms with E-state index in [1.807, 2.05) is 38.1 Å². The Hall–Kier alpha value is -3.02. The van der Waals surface area contributed by atoms with E-state index in [1.54, 1.807) is 36.3 Å². The van der Waals surface area contributed by atoms with Gasteiger partial charge in [-0.2, -0.15) is 0 Å².